The first kappa shape index (κ1) is 21.7. The van der Waals surface area contributed by atoms with Crippen LogP contribution in [-0.4, -0.2) is 46.3 Å². The lowest BCUT2D eigenvalue weighted by molar-refractivity contribution is -0.172. The third kappa shape index (κ3) is 3.31. The van der Waals surface area contributed by atoms with Crippen LogP contribution in [0.4, 0.5) is 0 Å². The van der Waals surface area contributed by atoms with Gasteiger partial charge in [-0.15, -0.1) is 0 Å². The summed E-state index contributed by atoms with van der Waals surface area (Å²) >= 11 is 0. The Bertz CT molecular complexity index is 639. The molecular weight excluding hydrogens is 376 g/mol. The van der Waals surface area contributed by atoms with E-state index in [0.717, 1.165) is 49.9 Å². The minimum Gasteiger partial charge on any atom is -0.394 e. The molecular formula is C26H44O4. The summed E-state index contributed by atoms with van der Waals surface area (Å²) in [4.78, 5) is 0. The van der Waals surface area contributed by atoms with Crippen LogP contribution in [0.15, 0.2) is 0 Å². The highest BCUT2D eigenvalue weighted by molar-refractivity contribution is 5.11. The molecule has 5 unspecified atom stereocenters. The molecule has 4 aliphatic carbocycles. The molecule has 1 heterocycles. The fraction of sp³-hybridized carbons (Fsp3) is 1.00. The Morgan fingerprint density at radius 1 is 0.900 bits per heavy atom. The summed E-state index contributed by atoms with van der Waals surface area (Å²) in [7, 11) is 0. The lowest BCUT2D eigenvalue weighted by Gasteiger charge is -2.62. The zero-order chi connectivity index (χ0) is 21.3. The van der Waals surface area contributed by atoms with Crippen LogP contribution in [-0.2, 0) is 4.74 Å². The van der Waals surface area contributed by atoms with Crippen molar-refractivity contribution in [3.8, 4) is 0 Å². The Hall–Kier alpha value is -0.160. The van der Waals surface area contributed by atoms with Crippen molar-refractivity contribution in [1.82, 2.24) is 0 Å². The summed E-state index contributed by atoms with van der Waals surface area (Å²) in [6.07, 6.45) is 11.4. The molecule has 5 aliphatic rings. The van der Waals surface area contributed by atoms with Gasteiger partial charge in [0.2, 0.25) is 0 Å². The van der Waals surface area contributed by atoms with Gasteiger partial charge in [-0.2, -0.15) is 0 Å². The molecule has 12 atom stereocenters. The van der Waals surface area contributed by atoms with Crippen LogP contribution in [0.25, 0.3) is 0 Å². The van der Waals surface area contributed by atoms with Gasteiger partial charge >= 0.3 is 0 Å². The van der Waals surface area contributed by atoms with Gasteiger partial charge in [-0.3, -0.25) is 0 Å². The first-order valence-corrected chi connectivity index (χ1v) is 12.9. The van der Waals surface area contributed by atoms with Gasteiger partial charge in [0, 0.05) is 0 Å². The lowest BCUT2D eigenvalue weighted by atomic mass is 9.44. The molecule has 4 nitrogen and oxygen atoms in total. The summed E-state index contributed by atoms with van der Waals surface area (Å²) in [5.41, 5.74) is 0.633. The van der Waals surface area contributed by atoms with E-state index in [0.29, 0.717) is 29.3 Å². The standard InChI is InChI=1S/C26H44O4/c1-15(4-7-23-24(14-27)30-23)18-5-6-19-17-13-22(29)21-12-16(28)8-10-26(21,3)20(17)9-11-25(18,19)2/h15-24,27-29H,4-14H2,1-3H3/t15-,16-,17?,18-,19?,20?,21+,22+,23?,24?,25-,26-/m1/s1. The average Bonchev–Trinajstić information content (AvgIpc) is 3.39. The lowest BCUT2D eigenvalue weighted by Crippen LogP contribution is -2.58. The van der Waals surface area contributed by atoms with Crippen LogP contribution < -0.4 is 0 Å². The molecule has 0 aromatic heterocycles. The van der Waals surface area contributed by atoms with Crippen molar-refractivity contribution in [3.63, 3.8) is 0 Å². The maximum atomic E-state index is 11.2. The molecule has 4 saturated carbocycles. The monoisotopic (exact) mass is 420 g/mol. The SMILES string of the molecule is C[C@H](CCC1OC1CO)[C@H]1CCC2C3C[C@H](O)[C@@H]4C[C@H](O)CC[C@]4(C)C3CC[C@@]21C. The highest BCUT2D eigenvalue weighted by Gasteiger charge is 2.62. The number of aliphatic hydroxyl groups excluding tert-OH is 3. The van der Waals surface area contributed by atoms with E-state index < -0.39 is 0 Å². The Balaban J connectivity index is 1.30. The van der Waals surface area contributed by atoms with E-state index in [4.69, 9.17) is 4.74 Å². The number of aliphatic hydroxyl groups is 3. The minimum absolute atomic E-state index is 0.103. The first-order valence-electron chi connectivity index (χ1n) is 12.9. The van der Waals surface area contributed by atoms with Gasteiger partial charge in [0.15, 0.2) is 0 Å². The van der Waals surface area contributed by atoms with E-state index in [9.17, 15) is 15.3 Å². The third-order valence-corrected chi connectivity index (χ3v) is 11.2. The average molecular weight is 421 g/mol. The highest BCUT2D eigenvalue weighted by Crippen LogP contribution is 2.68. The van der Waals surface area contributed by atoms with E-state index in [1.807, 2.05) is 0 Å². The fourth-order valence-corrected chi connectivity index (χ4v) is 9.48. The molecule has 5 rings (SSSR count). The molecule has 1 saturated heterocycles. The van der Waals surface area contributed by atoms with Crippen molar-refractivity contribution in [2.45, 2.75) is 109 Å². The second kappa shape index (κ2) is 7.71. The van der Waals surface area contributed by atoms with Crippen molar-refractivity contribution in [1.29, 1.82) is 0 Å². The summed E-state index contributed by atoms with van der Waals surface area (Å²) in [5, 5.41) is 30.7. The van der Waals surface area contributed by atoms with E-state index in [1.54, 1.807) is 0 Å². The molecule has 5 fully saturated rings. The molecule has 0 aromatic carbocycles. The van der Waals surface area contributed by atoms with Crippen molar-refractivity contribution < 1.29 is 20.1 Å². The molecule has 3 N–H and O–H groups in total. The Morgan fingerprint density at radius 2 is 1.63 bits per heavy atom. The molecule has 172 valence electrons. The van der Waals surface area contributed by atoms with Crippen molar-refractivity contribution in [3.05, 3.63) is 0 Å². The zero-order valence-corrected chi connectivity index (χ0v) is 19.3. The van der Waals surface area contributed by atoms with Gasteiger partial charge in [-0.05, 0) is 111 Å². The first-order chi connectivity index (χ1) is 14.3. The van der Waals surface area contributed by atoms with E-state index >= 15 is 0 Å². The van der Waals surface area contributed by atoms with Crippen LogP contribution in [0.1, 0.15) is 85.0 Å². The summed E-state index contributed by atoms with van der Waals surface area (Å²) in [5.74, 6) is 3.94. The summed E-state index contributed by atoms with van der Waals surface area (Å²) in [6.45, 7) is 7.66. The van der Waals surface area contributed by atoms with Gasteiger partial charge in [0.05, 0.1) is 24.9 Å². The maximum Gasteiger partial charge on any atom is 0.107 e. The second-order valence-electron chi connectivity index (χ2n) is 12.4. The predicted molar refractivity (Wildman–Crippen MR) is 117 cm³/mol. The number of hydrogen-bond acceptors (Lipinski definition) is 4. The number of epoxide rings is 1. The summed E-state index contributed by atoms with van der Waals surface area (Å²) in [6, 6.07) is 0. The molecule has 30 heavy (non-hydrogen) atoms. The van der Waals surface area contributed by atoms with Gasteiger partial charge in [-0.25, -0.2) is 0 Å². The van der Waals surface area contributed by atoms with Crippen molar-refractivity contribution in [2.24, 2.45) is 46.3 Å². The number of ether oxygens (including phenoxy) is 1. The maximum absolute atomic E-state index is 11.2. The Morgan fingerprint density at radius 3 is 2.37 bits per heavy atom. The predicted octanol–water partition coefficient (Wildman–Crippen LogP) is 4.15. The topological polar surface area (TPSA) is 73.2 Å². The van der Waals surface area contributed by atoms with E-state index in [-0.39, 0.29) is 30.3 Å². The minimum atomic E-state index is -0.229. The Kier molecular flexibility index (Phi) is 5.57. The molecule has 0 bridgehead atoms. The van der Waals surface area contributed by atoms with Crippen LogP contribution in [0, 0.1) is 46.3 Å². The van der Waals surface area contributed by atoms with Gasteiger partial charge in [-0.1, -0.05) is 20.8 Å². The number of fused-ring (bicyclic) bond motifs is 5. The van der Waals surface area contributed by atoms with Gasteiger partial charge in [0.25, 0.3) is 0 Å². The quantitative estimate of drug-likeness (QED) is 0.584. The zero-order valence-electron chi connectivity index (χ0n) is 19.3. The number of hydrogen-bond donors (Lipinski definition) is 3. The largest absolute Gasteiger partial charge is 0.394 e. The van der Waals surface area contributed by atoms with Crippen LogP contribution in [0.2, 0.25) is 0 Å². The molecule has 1 aliphatic heterocycles. The second-order valence-corrected chi connectivity index (χ2v) is 12.4. The smallest absolute Gasteiger partial charge is 0.107 e. The normalized spacial score (nSPS) is 56.0. The van der Waals surface area contributed by atoms with Crippen molar-refractivity contribution >= 4 is 0 Å². The third-order valence-electron chi connectivity index (χ3n) is 11.2. The molecule has 0 amide bonds. The van der Waals surface area contributed by atoms with Gasteiger partial charge < -0.3 is 20.1 Å². The van der Waals surface area contributed by atoms with E-state index in [1.165, 1.54) is 32.1 Å². The van der Waals surface area contributed by atoms with Crippen LogP contribution in [0.3, 0.4) is 0 Å². The molecule has 0 spiro atoms. The van der Waals surface area contributed by atoms with Crippen LogP contribution >= 0.6 is 0 Å². The van der Waals surface area contributed by atoms with Crippen molar-refractivity contribution in [2.75, 3.05) is 6.61 Å². The molecule has 0 aromatic rings. The highest BCUT2D eigenvalue weighted by atomic mass is 16.6. The fourth-order valence-electron chi connectivity index (χ4n) is 9.48. The Labute approximate surface area is 182 Å². The van der Waals surface area contributed by atoms with Crippen LogP contribution in [0.5, 0.6) is 0 Å². The van der Waals surface area contributed by atoms with E-state index in [2.05, 4.69) is 20.8 Å². The molecule has 4 heteroatoms. The number of rotatable bonds is 5. The van der Waals surface area contributed by atoms with Gasteiger partial charge in [0.1, 0.15) is 6.10 Å². The summed E-state index contributed by atoms with van der Waals surface area (Å²) < 4.78 is 5.57. The molecule has 0 radical (unpaired) electrons.